The fourth-order valence-corrected chi connectivity index (χ4v) is 0.894. The van der Waals surface area contributed by atoms with Crippen molar-refractivity contribution in [2.24, 2.45) is 7.05 Å². The average Bonchev–Trinajstić information content (AvgIpc) is 1.80. The van der Waals surface area contributed by atoms with Gasteiger partial charge in [-0.2, -0.15) is 0 Å². The summed E-state index contributed by atoms with van der Waals surface area (Å²) in [5, 5.41) is 0. The lowest BCUT2D eigenvalue weighted by molar-refractivity contribution is 0.883. The summed E-state index contributed by atoms with van der Waals surface area (Å²) in [7, 11) is 1.95. The molecule has 0 aliphatic carbocycles. The molecule has 1 aromatic heterocycles. The second-order valence-corrected chi connectivity index (χ2v) is 2.57. The molecular weight excluding hydrogens is 130 g/mol. The Labute approximate surface area is 59.9 Å². The molecule has 0 saturated heterocycles. The molecule has 0 aliphatic heterocycles. The molecule has 0 spiro atoms. The predicted octanol–water partition coefficient (Wildman–Crippen LogP) is 2.06. The highest BCUT2D eigenvalue weighted by Gasteiger charge is 1.83. The second kappa shape index (κ2) is 2.31. The van der Waals surface area contributed by atoms with Gasteiger partial charge in [0, 0.05) is 13.2 Å². The third kappa shape index (κ3) is 1.39. The maximum Gasteiger partial charge on any atom is 0.105 e. The van der Waals surface area contributed by atoms with Gasteiger partial charge in [0.1, 0.15) is 4.64 Å². The first-order valence-electron chi connectivity index (χ1n) is 2.83. The standard InChI is InChI=1S/C7H9NS/c1-6-3-4-8(2)7(9)5-6/h3-5H,1-2H3. The van der Waals surface area contributed by atoms with Crippen LogP contribution in [-0.2, 0) is 7.05 Å². The maximum absolute atomic E-state index is 5.00. The summed E-state index contributed by atoms with van der Waals surface area (Å²) in [6.45, 7) is 2.04. The van der Waals surface area contributed by atoms with Crippen LogP contribution in [0.3, 0.4) is 0 Å². The van der Waals surface area contributed by atoms with Gasteiger partial charge >= 0.3 is 0 Å². The molecule has 0 fully saturated rings. The molecule has 1 heterocycles. The Kier molecular flexibility index (Phi) is 1.67. The molecule has 0 saturated carbocycles. The number of pyridine rings is 1. The summed E-state index contributed by atoms with van der Waals surface area (Å²) in [5.41, 5.74) is 1.22. The molecule has 0 N–H and O–H groups in total. The Morgan fingerprint density at radius 1 is 1.56 bits per heavy atom. The van der Waals surface area contributed by atoms with Gasteiger partial charge in [0.05, 0.1) is 0 Å². The lowest BCUT2D eigenvalue weighted by Gasteiger charge is -1.96. The van der Waals surface area contributed by atoms with E-state index < -0.39 is 0 Å². The van der Waals surface area contributed by atoms with Crippen LogP contribution >= 0.6 is 12.2 Å². The quantitative estimate of drug-likeness (QED) is 0.498. The van der Waals surface area contributed by atoms with E-state index >= 15 is 0 Å². The molecule has 0 amide bonds. The smallest absolute Gasteiger partial charge is 0.105 e. The van der Waals surface area contributed by atoms with Gasteiger partial charge in [0.15, 0.2) is 0 Å². The van der Waals surface area contributed by atoms with E-state index in [1.807, 2.05) is 36.9 Å². The van der Waals surface area contributed by atoms with Gasteiger partial charge in [-0.25, -0.2) is 0 Å². The molecule has 0 unspecified atom stereocenters. The van der Waals surface area contributed by atoms with Crippen molar-refractivity contribution in [2.45, 2.75) is 6.92 Å². The van der Waals surface area contributed by atoms with E-state index in [0.717, 1.165) is 4.64 Å². The second-order valence-electron chi connectivity index (χ2n) is 2.15. The summed E-state index contributed by atoms with van der Waals surface area (Å²) in [4.78, 5) is 0. The van der Waals surface area contributed by atoms with E-state index in [2.05, 4.69) is 0 Å². The first kappa shape index (κ1) is 6.49. The molecule has 1 rings (SSSR count). The fraction of sp³-hybridized carbons (Fsp3) is 0.286. The Bertz CT molecular complexity index is 262. The monoisotopic (exact) mass is 139 g/mol. The van der Waals surface area contributed by atoms with Crippen molar-refractivity contribution in [3.63, 3.8) is 0 Å². The minimum atomic E-state index is 0.884. The van der Waals surface area contributed by atoms with E-state index in [0.29, 0.717) is 0 Å². The molecule has 0 bridgehead atoms. The number of aromatic nitrogens is 1. The third-order valence-electron chi connectivity index (χ3n) is 1.26. The van der Waals surface area contributed by atoms with Crippen LogP contribution in [0.1, 0.15) is 5.56 Å². The highest BCUT2D eigenvalue weighted by molar-refractivity contribution is 7.71. The lowest BCUT2D eigenvalue weighted by Crippen LogP contribution is -1.89. The molecule has 9 heavy (non-hydrogen) atoms. The van der Waals surface area contributed by atoms with Gasteiger partial charge in [-0.1, -0.05) is 12.2 Å². The highest BCUT2D eigenvalue weighted by Crippen LogP contribution is 1.96. The van der Waals surface area contributed by atoms with E-state index in [4.69, 9.17) is 12.2 Å². The van der Waals surface area contributed by atoms with Crippen molar-refractivity contribution in [2.75, 3.05) is 0 Å². The zero-order valence-corrected chi connectivity index (χ0v) is 6.40. The molecule has 0 radical (unpaired) electrons. The number of nitrogens with zero attached hydrogens (tertiary/aromatic N) is 1. The van der Waals surface area contributed by atoms with Crippen molar-refractivity contribution in [3.05, 3.63) is 28.5 Å². The molecule has 1 nitrogen and oxygen atoms in total. The molecule has 0 atom stereocenters. The summed E-state index contributed by atoms with van der Waals surface area (Å²) in [6.07, 6.45) is 1.97. The Morgan fingerprint density at radius 2 is 2.22 bits per heavy atom. The number of hydrogen-bond acceptors (Lipinski definition) is 1. The van der Waals surface area contributed by atoms with Crippen LogP contribution in [0.5, 0.6) is 0 Å². The van der Waals surface area contributed by atoms with Gasteiger partial charge in [0.25, 0.3) is 0 Å². The number of aryl methyl sites for hydroxylation is 2. The number of hydrogen-bond donors (Lipinski definition) is 0. The first-order chi connectivity index (χ1) is 4.20. The molecule has 2 heteroatoms. The third-order valence-corrected chi connectivity index (χ3v) is 1.67. The van der Waals surface area contributed by atoms with E-state index in [1.165, 1.54) is 5.56 Å². The van der Waals surface area contributed by atoms with Crippen molar-refractivity contribution in [3.8, 4) is 0 Å². The van der Waals surface area contributed by atoms with Gasteiger partial charge in [0.2, 0.25) is 0 Å². The normalized spacial score (nSPS) is 9.56. The predicted molar refractivity (Wildman–Crippen MR) is 41.0 cm³/mol. The van der Waals surface area contributed by atoms with E-state index in [9.17, 15) is 0 Å². The van der Waals surface area contributed by atoms with E-state index in [1.54, 1.807) is 0 Å². The zero-order chi connectivity index (χ0) is 6.85. The van der Waals surface area contributed by atoms with Crippen molar-refractivity contribution in [1.82, 2.24) is 4.57 Å². The van der Waals surface area contributed by atoms with Crippen LogP contribution in [0.4, 0.5) is 0 Å². The van der Waals surface area contributed by atoms with Gasteiger partial charge in [-0.05, 0) is 24.6 Å². The molecule has 1 aromatic rings. The van der Waals surface area contributed by atoms with Crippen molar-refractivity contribution in [1.29, 1.82) is 0 Å². The largest absolute Gasteiger partial charge is 0.342 e. The zero-order valence-electron chi connectivity index (χ0n) is 5.59. The molecule has 0 aromatic carbocycles. The van der Waals surface area contributed by atoms with Gasteiger partial charge < -0.3 is 4.57 Å². The number of rotatable bonds is 0. The summed E-state index contributed by atoms with van der Waals surface area (Å²) in [6, 6.07) is 4.02. The topological polar surface area (TPSA) is 4.93 Å². The summed E-state index contributed by atoms with van der Waals surface area (Å²) in [5.74, 6) is 0. The SMILES string of the molecule is Cc1ccn(C)c(=S)c1. The fourth-order valence-electron chi connectivity index (χ4n) is 0.648. The first-order valence-corrected chi connectivity index (χ1v) is 3.24. The Morgan fingerprint density at radius 3 is 2.67 bits per heavy atom. The van der Waals surface area contributed by atoms with Crippen LogP contribution in [0.15, 0.2) is 18.3 Å². The van der Waals surface area contributed by atoms with Crippen LogP contribution in [-0.4, -0.2) is 4.57 Å². The molecule has 0 aliphatic rings. The average molecular weight is 139 g/mol. The van der Waals surface area contributed by atoms with Crippen LogP contribution < -0.4 is 0 Å². The Balaban J connectivity index is 3.34. The summed E-state index contributed by atoms with van der Waals surface area (Å²) >= 11 is 5.00. The molecule has 48 valence electrons. The minimum absolute atomic E-state index is 0.884. The van der Waals surface area contributed by atoms with Crippen LogP contribution in [0.25, 0.3) is 0 Å². The van der Waals surface area contributed by atoms with Gasteiger partial charge in [-0.15, -0.1) is 0 Å². The van der Waals surface area contributed by atoms with E-state index in [-0.39, 0.29) is 0 Å². The van der Waals surface area contributed by atoms with Crippen LogP contribution in [0.2, 0.25) is 0 Å². The molecular formula is C7H9NS. The van der Waals surface area contributed by atoms with Gasteiger partial charge in [-0.3, -0.25) is 0 Å². The summed E-state index contributed by atoms with van der Waals surface area (Å²) < 4.78 is 2.80. The minimum Gasteiger partial charge on any atom is -0.342 e. The van der Waals surface area contributed by atoms with Crippen molar-refractivity contribution < 1.29 is 0 Å². The van der Waals surface area contributed by atoms with Crippen molar-refractivity contribution >= 4 is 12.2 Å². The maximum atomic E-state index is 5.00. The van der Waals surface area contributed by atoms with Crippen LogP contribution in [0, 0.1) is 11.6 Å². The highest BCUT2D eigenvalue weighted by atomic mass is 32.1. The lowest BCUT2D eigenvalue weighted by atomic mass is 10.3. The Hall–Kier alpha value is -0.630.